The zero-order chi connectivity index (χ0) is 16.3. The second-order valence-corrected chi connectivity index (χ2v) is 6.01. The van der Waals surface area contributed by atoms with E-state index in [2.05, 4.69) is 16.0 Å². The van der Waals surface area contributed by atoms with Crippen molar-refractivity contribution in [2.45, 2.75) is 58.6 Å². The first kappa shape index (κ1) is 19.5. The number of hydrogen-bond acceptors (Lipinski definition) is 4. The number of nitrogens with one attached hydrogen (secondary N) is 3. The SMILES string of the molecule is CC(CCNC(=O)OC(C)(C)C)NCCCCNC(=O)O. The molecular formula is C14H29N3O4. The average molecular weight is 303 g/mol. The molecule has 21 heavy (non-hydrogen) atoms. The van der Waals surface area contributed by atoms with E-state index in [0.717, 1.165) is 25.8 Å². The van der Waals surface area contributed by atoms with Crippen LogP contribution >= 0.6 is 0 Å². The van der Waals surface area contributed by atoms with Crippen LogP contribution in [0, 0.1) is 0 Å². The minimum absolute atomic E-state index is 0.285. The third kappa shape index (κ3) is 14.7. The Morgan fingerprint density at radius 3 is 2.29 bits per heavy atom. The van der Waals surface area contributed by atoms with E-state index in [9.17, 15) is 9.59 Å². The van der Waals surface area contributed by atoms with E-state index in [1.807, 2.05) is 27.7 Å². The maximum absolute atomic E-state index is 11.4. The minimum atomic E-state index is -0.982. The molecule has 7 heteroatoms. The van der Waals surface area contributed by atoms with Gasteiger partial charge in [0.2, 0.25) is 0 Å². The Morgan fingerprint density at radius 2 is 1.71 bits per heavy atom. The Morgan fingerprint density at radius 1 is 1.10 bits per heavy atom. The number of amides is 2. The van der Waals surface area contributed by atoms with Crippen LogP contribution in [0.4, 0.5) is 9.59 Å². The predicted octanol–water partition coefficient (Wildman–Crippen LogP) is 1.93. The fourth-order valence-corrected chi connectivity index (χ4v) is 1.60. The molecule has 0 saturated carbocycles. The van der Waals surface area contributed by atoms with Gasteiger partial charge in [0, 0.05) is 19.1 Å². The van der Waals surface area contributed by atoms with Crippen molar-refractivity contribution in [2.24, 2.45) is 0 Å². The molecule has 0 aliphatic carbocycles. The van der Waals surface area contributed by atoms with E-state index in [-0.39, 0.29) is 6.04 Å². The maximum atomic E-state index is 11.4. The van der Waals surface area contributed by atoms with Gasteiger partial charge in [0.1, 0.15) is 5.60 Å². The van der Waals surface area contributed by atoms with Crippen LogP contribution < -0.4 is 16.0 Å². The van der Waals surface area contributed by atoms with Gasteiger partial charge in [-0.15, -0.1) is 0 Å². The molecule has 0 fully saturated rings. The van der Waals surface area contributed by atoms with Crippen molar-refractivity contribution >= 4 is 12.2 Å². The molecule has 0 rings (SSSR count). The van der Waals surface area contributed by atoms with Crippen LogP contribution in [0.3, 0.4) is 0 Å². The average Bonchev–Trinajstić information content (AvgIpc) is 2.30. The van der Waals surface area contributed by atoms with Gasteiger partial charge in [-0.3, -0.25) is 0 Å². The zero-order valence-corrected chi connectivity index (χ0v) is 13.5. The first-order valence-electron chi connectivity index (χ1n) is 7.38. The Balaban J connectivity index is 3.48. The molecule has 1 unspecified atom stereocenters. The van der Waals surface area contributed by atoms with Crippen molar-refractivity contribution < 1.29 is 19.4 Å². The molecule has 0 aromatic heterocycles. The lowest BCUT2D eigenvalue weighted by atomic mass is 10.2. The van der Waals surface area contributed by atoms with E-state index >= 15 is 0 Å². The Kier molecular flexibility index (Phi) is 9.53. The Hall–Kier alpha value is -1.50. The minimum Gasteiger partial charge on any atom is -0.465 e. The smallest absolute Gasteiger partial charge is 0.407 e. The molecule has 0 aliphatic rings. The largest absolute Gasteiger partial charge is 0.465 e. The van der Waals surface area contributed by atoms with Gasteiger partial charge in [-0.05, 0) is 53.5 Å². The van der Waals surface area contributed by atoms with Crippen molar-refractivity contribution in [2.75, 3.05) is 19.6 Å². The lowest BCUT2D eigenvalue weighted by Gasteiger charge is -2.20. The van der Waals surface area contributed by atoms with Gasteiger partial charge in [-0.2, -0.15) is 0 Å². The summed E-state index contributed by atoms with van der Waals surface area (Å²) in [6, 6.07) is 0.285. The first-order valence-corrected chi connectivity index (χ1v) is 7.38. The number of hydrogen-bond donors (Lipinski definition) is 4. The molecule has 0 heterocycles. The van der Waals surface area contributed by atoms with Crippen molar-refractivity contribution in [1.29, 1.82) is 0 Å². The number of unbranched alkanes of at least 4 members (excludes halogenated alkanes) is 1. The van der Waals surface area contributed by atoms with Crippen molar-refractivity contribution in [3.8, 4) is 0 Å². The van der Waals surface area contributed by atoms with Gasteiger partial charge in [0.25, 0.3) is 0 Å². The third-order valence-corrected chi connectivity index (χ3v) is 2.62. The molecular weight excluding hydrogens is 274 g/mol. The molecule has 0 saturated heterocycles. The van der Waals surface area contributed by atoms with Gasteiger partial charge >= 0.3 is 12.2 Å². The summed E-state index contributed by atoms with van der Waals surface area (Å²) in [4.78, 5) is 21.6. The van der Waals surface area contributed by atoms with Gasteiger partial charge in [-0.1, -0.05) is 0 Å². The van der Waals surface area contributed by atoms with Crippen LogP contribution in [0.25, 0.3) is 0 Å². The molecule has 7 nitrogen and oxygen atoms in total. The van der Waals surface area contributed by atoms with Gasteiger partial charge < -0.3 is 25.8 Å². The van der Waals surface area contributed by atoms with Crippen LogP contribution in [-0.4, -0.2) is 48.6 Å². The molecule has 2 amide bonds. The molecule has 4 N–H and O–H groups in total. The molecule has 124 valence electrons. The number of ether oxygens (including phenoxy) is 1. The molecule has 0 aromatic carbocycles. The molecule has 1 atom stereocenters. The zero-order valence-electron chi connectivity index (χ0n) is 13.5. The molecule has 0 radical (unpaired) electrons. The highest BCUT2D eigenvalue weighted by Crippen LogP contribution is 2.06. The van der Waals surface area contributed by atoms with Crippen molar-refractivity contribution in [3.63, 3.8) is 0 Å². The highest BCUT2D eigenvalue weighted by Gasteiger charge is 2.15. The lowest BCUT2D eigenvalue weighted by molar-refractivity contribution is 0.0526. The number of alkyl carbamates (subject to hydrolysis) is 1. The molecule has 0 spiro atoms. The summed E-state index contributed by atoms with van der Waals surface area (Å²) < 4.78 is 5.14. The van der Waals surface area contributed by atoms with E-state index in [1.54, 1.807) is 0 Å². The van der Waals surface area contributed by atoms with Gasteiger partial charge in [0.05, 0.1) is 0 Å². The fraction of sp³-hybridized carbons (Fsp3) is 0.857. The summed E-state index contributed by atoms with van der Waals surface area (Å²) in [5, 5.41) is 16.8. The van der Waals surface area contributed by atoms with Crippen molar-refractivity contribution in [1.82, 2.24) is 16.0 Å². The maximum Gasteiger partial charge on any atom is 0.407 e. The highest BCUT2D eigenvalue weighted by atomic mass is 16.6. The summed E-state index contributed by atoms with van der Waals surface area (Å²) >= 11 is 0. The van der Waals surface area contributed by atoms with E-state index in [0.29, 0.717) is 13.1 Å². The number of carbonyl (C=O) groups is 2. The number of carboxylic acid groups (broad SMARTS) is 1. The van der Waals surface area contributed by atoms with Gasteiger partial charge in [0.15, 0.2) is 0 Å². The monoisotopic (exact) mass is 303 g/mol. The summed E-state index contributed by atoms with van der Waals surface area (Å²) in [5.74, 6) is 0. The quantitative estimate of drug-likeness (QED) is 0.488. The second kappa shape index (κ2) is 10.3. The van der Waals surface area contributed by atoms with E-state index in [4.69, 9.17) is 9.84 Å². The summed E-state index contributed by atoms with van der Waals surface area (Å²) in [7, 11) is 0. The molecule has 0 aromatic rings. The predicted molar refractivity (Wildman–Crippen MR) is 81.6 cm³/mol. The molecule has 0 bridgehead atoms. The highest BCUT2D eigenvalue weighted by molar-refractivity contribution is 5.67. The standard InChI is InChI=1S/C14H29N3O4/c1-11(15-8-5-6-9-16-12(18)19)7-10-17-13(20)21-14(2,3)4/h11,15-16H,5-10H2,1-4H3,(H,17,20)(H,18,19). The van der Waals surface area contributed by atoms with Crippen LogP contribution in [0.1, 0.15) is 47.0 Å². The van der Waals surface area contributed by atoms with Crippen molar-refractivity contribution in [3.05, 3.63) is 0 Å². The Labute approximate surface area is 126 Å². The van der Waals surface area contributed by atoms with Crippen LogP contribution in [0.5, 0.6) is 0 Å². The summed E-state index contributed by atoms with van der Waals surface area (Å²) in [5.41, 5.74) is -0.474. The second-order valence-electron chi connectivity index (χ2n) is 6.01. The van der Waals surface area contributed by atoms with Crippen LogP contribution in [0.15, 0.2) is 0 Å². The van der Waals surface area contributed by atoms with Crippen LogP contribution in [0.2, 0.25) is 0 Å². The fourth-order valence-electron chi connectivity index (χ4n) is 1.60. The third-order valence-electron chi connectivity index (χ3n) is 2.62. The summed E-state index contributed by atoms with van der Waals surface area (Å²) in [6.45, 7) is 9.40. The summed E-state index contributed by atoms with van der Waals surface area (Å²) in [6.07, 6.45) is 1.15. The molecule has 0 aliphatic heterocycles. The van der Waals surface area contributed by atoms with Gasteiger partial charge in [-0.25, -0.2) is 9.59 Å². The normalized spacial score (nSPS) is 12.6. The lowest BCUT2D eigenvalue weighted by Crippen LogP contribution is -2.36. The number of carbonyl (C=O) groups excluding carboxylic acids is 1. The van der Waals surface area contributed by atoms with E-state index in [1.165, 1.54) is 0 Å². The topological polar surface area (TPSA) is 99.7 Å². The Bertz CT molecular complexity index is 316. The number of rotatable bonds is 9. The van der Waals surface area contributed by atoms with E-state index < -0.39 is 17.8 Å². The van der Waals surface area contributed by atoms with Crippen LogP contribution in [-0.2, 0) is 4.74 Å². The first-order chi connectivity index (χ1) is 9.70.